The van der Waals surface area contributed by atoms with E-state index in [0.717, 1.165) is 36.2 Å². The van der Waals surface area contributed by atoms with Crippen LogP contribution in [0.2, 0.25) is 10.0 Å². The van der Waals surface area contributed by atoms with Crippen molar-refractivity contribution in [2.24, 2.45) is 11.7 Å². The summed E-state index contributed by atoms with van der Waals surface area (Å²) in [7, 11) is 0. The minimum absolute atomic E-state index is 0.550. The fourth-order valence-electron chi connectivity index (χ4n) is 2.19. The number of imidazole rings is 1. The molecule has 0 aliphatic heterocycles. The second-order valence-electron chi connectivity index (χ2n) is 5.17. The number of nitrogens with two attached hydrogens (primary N) is 1. The van der Waals surface area contributed by atoms with Crippen molar-refractivity contribution < 1.29 is 0 Å². The highest BCUT2D eigenvalue weighted by molar-refractivity contribution is 6.42. The lowest BCUT2D eigenvalue weighted by Gasteiger charge is -2.10. The molecule has 0 saturated heterocycles. The van der Waals surface area contributed by atoms with Crippen molar-refractivity contribution in [2.45, 2.75) is 33.2 Å². The summed E-state index contributed by atoms with van der Waals surface area (Å²) in [5.41, 5.74) is 7.56. The zero-order valence-corrected chi connectivity index (χ0v) is 12.8. The van der Waals surface area contributed by atoms with Crippen LogP contribution in [0.1, 0.15) is 26.1 Å². The minimum atomic E-state index is 0.550. The molecule has 0 radical (unpaired) electrons. The Morgan fingerprint density at radius 3 is 2.58 bits per heavy atom. The average Bonchev–Trinajstić information content (AvgIpc) is 2.63. The standard InChI is InChI=1S/C14H19Cl2N3/c1-9(2)6-14-18-12-7-10(15)11(16)8-13(12)19(14)5-3-4-17/h7-9H,3-6,17H2,1-2H3. The van der Waals surface area contributed by atoms with Crippen LogP contribution < -0.4 is 5.73 Å². The van der Waals surface area contributed by atoms with Crippen LogP contribution in [0.15, 0.2) is 12.1 Å². The van der Waals surface area contributed by atoms with E-state index in [0.29, 0.717) is 22.5 Å². The van der Waals surface area contributed by atoms with Crippen LogP contribution in [0.4, 0.5) is 0 Å². The maximum atomic E-state index is 6.11. The Kier molecular flexibility index (Phi) is 4.71. The molecule has 1 heterocycles. The summed E-state index contributed by atoms with van der Waals surface area (Å²) >= 11 is 12.2. The average molecular weight is 300 g/mol. The molecule has 2 aromatic rings. The third-order valence-electron chi connectivity index (χ3n) is 3.05. The summed E-state index contributed by atoms with van der Waals surface area (Å²) in [6.45, 7) is 5.91. The molecule has 0 aliphatic carbocycles. The van der Waals surface area contributed by atoms with Gasteiger partial charge in [0.1, 0.15) is 5.82 Å². The number of fused-ring (bicyclic) bond motifs is 1. The Morgan fingerprint density at radius 2 is 1.95 bits per heavy atom. The van der Waals surface area contributed by atoms with Gasteiger partial charge in [-0.3, -0.25) is 0 Å². The minimum Gasteiger partial charge on any atom is -0.330 e. The molecule has 0 aliphatic rings. The summed E-state index contributed by atoms with van der Waals surface area (Å²) in [6.07, 6.45) is 1.87. The van der Waals surface area contributed by atoms with E-state index in [1.807, 2.05) is 12.1 Å². The van der Waals surface area contributed by atoms with E-state index in [1.165, 1.54) is 0 Å². The zero-order chi connectivity index (χ0) is 14.0. The van der Waals surface area contributed by atoms with Gasteiger partial charge in [0.15, 0.2) is 0 Å². The maximum Gasteiger partial charge on any atom is 0.110 e. The van der Waals surface area contributed by atoms with Gasteiger partial charge in [-0.05, 0) is 31.0 Å². The molecule has 3 nitrogen and oxygen atoms in total. The van der Waals surface area contributed by atoms with Gasteiger partial charge < -0.3 is 10.3 Å². The van der Waals surface area contributed by atoms with Crippen LogP contribution in [0, 0.1) is 5.92 Å². The lowest BCUT2D eigenvalue weighted by Crippen LogP contribution is -2.10. The van der Waals surface area contributed by atoms with E-state index in [9.17, 15) is 0 Å². The van der Waals surface area contributed by atoms with E-state index >= 15 is 0 Å². The van der Waals surface area contributed by atoms with Gasteiger partial charge in [0.2, 0.25) is 0 Å². The first-order valence-electron chi connectivity index (χ1n) is 6.57. The molecule has 0 atom stereocenters. The zero-order valence-electron chi connectivity index (χ0n) is 11.3. The molecule has 0 bridgehead atoms. The van der Waals surface area contributed by atoms with Crippen molar-refractivity contribution in [3.05, 3.63) is 28.0 Å². The summed E-state index contributed by atoms with van der Waals surface area (Å²) in [5, 5.41) is 1.12. The smallest absolute Gasteiger partial charge is 0.110 e. The molecule has 5 heteroatoms. The molecular weight excluding hydrogens is 281 g/mol. The Bertz CT molecular complexity index is 576. The first kappa shape index (κ1) is 14.6. The van der Waals surface area contributed by atoms with Crippen LogP contribution >= 0.6 is 23.2 Å². The molecular formula is C14H19Cl2N3. The number of nitrogens with zero attached hydrogens (tertiary/aromatic N) is 2. The second-order valence-corrected chi connectivity index (χ2v) is 5.99. The van der Waals surface area contributed by atoms with Crippen LogP contribution in [-0.4, -0.2) is 16.1 Å². The van der Waals surface area contributed by atoms with Crippen molar-refractivity contribution in [3.8, 4) is 0 Å². The predicted octanol–water partition coefficient (Wildman–Crippen LogP) is 3.89. The topological polar surface area (TPSA) is 43.8 Å². The Labute approximate surface area is 123 Å². The van der Waals surface area contributed by atoms with E-state index in [2.05, 4.69) is 23.4 Å². The Morgan fingerprint density at radius 1 is 1.26 bits per heavy atom. The quantitative estimate of drug-likeness (QED) is 0.910. The third-order valence-corrected chi connectivity index (χ3v) is 3.77. The first-order valence-corrected chi connectivity index (χ1v) is 7.32. The number of hydrogen-bond donors (Lipinski definition) is 1. The van der Waals surface area contributed by atoms with Gasteiger partial charge in [-0.15, -0.1) is 0 Å². The highest BCUT2D eigenvalue weighted by Crippen LogP contribution is 2.29. The Balaban J connectivity index is 2.52. The molecule has 2 rings (SSSR count). The van der Waals surface area contributed by atoms with Crippen molar-refractivity contribution >= 4 is 34.2 Å². The van der Waals surface area contributed by atoms with Gasteiger partial charge in [-0.1, -0.05) is 37.0 Å². The molecule has 1 aromatic heterocycles. The molecule has 0 spiro atoms. The van der Waals surface area contributed by atoms with Crippen LogP contribution in [-0.2, 0) is 13.0 Å². The van der Waals surface area contributed by atoms with Crippen molar-refractivity contribution in [1.29, 1.82) is 0 Å². The summed E-state index contributed by atoms with van der Waals surface area (Å²) in [5.74, 6) is 1.64. The normalized spacial score (nSPS) is 11.7. The molecule has 0 amide bonds. The third kappa shape index (κ3) is 3.22. The van der Waals surface area contributed by atoms with E-state index in [-0.39, 0.29) is 0 Å². The van der Waals surface area contributed by atoms with Crippen LogP contribution in [0.25, 0.3) is 11.0 Å². The van der Waals surface area contributed by atoms with Crippen molar-refractivity contribution in [3.63, 3.8) is 0 Å². The first-order chi connectivity index (χ1) is 9.02. The van der Waals surface area contributed by atoms with E-state index in [4.69, 9.17) is 28.9 Å². The highest BCUT2D eigenvalue weighted by Gasteiger charge is 2.13. The molecule has 1 aromatic carbocycles. The maximum absolute atomic E-state index is 6.11. The van der Waals surface area contributed by atoms with E-state index < -0.39 is 0 Å². The largest absolute Gasteiger partial charge is 0.330 e. The molecule has 104 valence electrons. The molecule has 0 unspecified atom stereocenters. The van der Waals surface area contributed by atoms with Crippen LogP contribution in [0.5, 0.6) is 0 Å². The van der Waals surface area contributed by atoms with Gasteiger partial charge in [0, 0.05) is 13.0 Å². The lowest BCUT2D eigenvalue weighted by atomic mass is 10.1. The van der Waals surface area contributed by atoms with Gasteiger partial charge in [-0.2, -0.15) is 0 Å². The number of aromatic nitrogens is 2. The van der Waals surface area contributed by atoms with Crippen molar-refractivity contribution in [1.82, 2.24) is 9.55 Å². The molecule has 0 fully saturated rings. The number of halogens is 2. The molecule has 0 saturated carbocycles. The van der Waals surface area contributed by atoms with Gasteiger partial charge in [0.05, 0.1) is 21.1 Å². The van der Waals surface area contributed by atoms with E-state index in [1.54, 1.807) is 0 Å². The summed E-state index contributed by atoms with van der Waals surface area (Å²) in [6, 6.07) is 3.73. The second kappa shape index (κ2) is 6.12. The fourth-order valence-corrected chi connectivity index (χ4v) is 2.51. The summed E-state index contributed by atoms with van der Waals surface area (Å²) in [4.78, 5) is 4.69. The monoisotopic (exact) mass is 299 g/mol. The van der Waals surface area contributed by atoms with Crippen LogP contribution in [0.3, 0.4) is 0 Å². The van der Waals surface area contributed by atoms with Gasteiger partial charge >= 0.3 is 0 Å². The fraction of sp³-hybridized carbons (Fsp3) is 0.500. The van der Waals surface area contributed by atoms with Crippen molar-refractivity contribution in [2.75, 3.05) is 6.54 Å². The number of hydrogen-bond acceptors (Lipinski definition) is 2. The number of rotatable bonds is 5. The predicted molar refractivity (Wildman–Crippen MR) is 82.0 cm³/mol. The molecule has 2 N–H and O–H groups in total. The Hall–Kier alpha value is -0.770. The molecule has 19 heavy (non-hydrogen) atoms. The lowest BCUT2D eigenvalue weighted by molar-refractivity contribution is 0.568. The van der Waals surface area contributed by atoms with Gasteiger partial charge in [0.25, 0.3) is 0 Å². The van der Waals surface area contributed by atoms with Gasteiger partial charge in [-0.25, -0.2) is 4.98 Å². The number of aryl methyl sites for hydroxylation is 1. The summed E-state index contributed by atoms with van der Waals surface area (Å²) < 4.78 is 2.21. The SMILES string of the molecule is CC(C)Cc1nc2cc(Cl)c(Cl)cc2n1CCCN. The number of benzene rings is 1. The highest BCUT2D eigenvalue weighted by atomic mass is 35.5.